The number of esters is 1. The Labute approximate surface area is 100 Å². The van der Waals surface area contributed by atoms with Gasteiger partial charge >= 0.3 is 11.2 Å². The van der Waals surface area contributed by atoms with Crippen molar-refractivity contribution >= 4 is 17.7 Å². The highest BCUT2D eigenvalue weighted by molar-refractivity contribution is 8.01. The second-order valence-corrected chi connectivity index (χ2v) is 4.71. The van der Waals surface area contributed by atoms with Gasteiger partial charge in [0.25, 0.3) is 0 Å². The molecule has 0 aliphatic carbocycles. The molecule has 0 saturated heterocycles. The molecule has 0 bridgehead atoms. The summed E-state index contributed by atoms with van der Waals surface area (Å²) in [5, 5.41) is -3.39. The van der Waals surface area contributed by atoms with Crippen molar-refractivity contribution in [2.45, 2.75) is 51.2 Å². The van der Waals surface area contributed by atoms with Gasteiger partial charge in [-0.2, -0.15) is 8.78 Å². The van der Waals surface area contributed by atoms with Gasteiger partial charge in [-0.05, 0) is 19.1 Å². The summed E-state index contributed by atoms with van der Waals surface area (Å²) in [6.45, 7) is 3.61. The number of halogens is 2. The first kappa shape index (κ1) is 15.7. The second-order valence-electron chi connectivity index (χ2n) is 3.50. The van der Waals surface area contributed by atoms with Crippen LogP contribution in [0.25, 0.3) is 0 Å². The van der Waals surface area contributed by atoms with E-state index in [0.717, 1.165) is 32.1 Å². The number of thioether (sulfide) groups is 1. The van der Waals surface area contributed by atoms with E-state index >= 15 is 0 Å². The van der Waals surface area contributed by atoms with E-state index in [0.29, 0.717) is 17.5 Å². The van der Waals surface area contributed by atoms with Gasteiger partial charge in [0.1, 0.15) is 0 Å². The number of carbonyl (C=O) groups is 1. The lowest BCUT2D eigenvalue weighted by Crippen LogP contribution is -2.27. The van der Waals surface area contributed by atoms with Crippen LogP contribution in [0.4, 0.5) is 8.78 Å². The number of hydrogen-bond acceptors (Lipinski definition) is 3. The maximum Gasteiger partial charge on any atom is 0.388 e. The molecule has 0 aromatic carbocycles. The van der Waals surface area contributed by atoms with E-state index in [1.165, 1.54) is 6.92 Å². The van der Waals surface area contributed by atoms with Crippen LogP contribution in [0.5, 0.6) is 0 Å². The van der Waals surface area contributed by atoms with E-state index in [1.807, 2.05) is 0 Å². The van der Waals surface area contributed by atoms with E-state index < -0.39 is 11.2 Å². The molecule has 2 nitrogen and oxygen atoms in total. The zero-order chi connectivity index (χ0) is 12.4. The molecule has 0 aliphatic heterocycles. The summed E-state index contributed by atoms with van der Waals surface area (Å²) in [4.78, 5) is 10.8. The maximum atomic E-state index is 13.1. The zero-order valence-corrected chi connectivity index (χ0v) is 10.7. The van der Waals surface area contributed by atoms with Gasteiger partial charge in [-0.1, -0.05) is 44.4 Å². The van der Waals surface area contributed by atoms with Crippen molar-refractivity contribution in [2.24, 2.45) is 0 Å². The molecule has 0 heterocycles. The Morgan fingerprint density at radius 3 is 2.38 bits per heavy atom. The third kappa shape index (κ3) is 7.04. The summed E-state index contributed by atoms with van der Waals surface area (Å²) in [6, 6.07) is 0. The molecule has 0 saturated carbocycles. The van der Waals surface area contributed by atoms with Crippen LogP contribution in [-0.2, 0) is 9.53 Å². The third-order valence-corrected chi connectivity index (χ3v) is 3.07. The van der Waals surface area contributed by atoms with Crippen molar-refractivity contribution in [3.63, 3.8) is 0 Å². The van der Waals surface area contributed by atoms with Gasteiger partial charge in [0.05, 0.1) is 6.61 Å². The molecule has 0 rings (SSSR count). The number of rotatable bonds is 9. The Hall–Kier alpha value is -0.320. The van der Waals surface area contributed by atoms with E-state index in [-0.39, 0.29) is 6.61 Å². The Morgan fingerprint density at radius 2 is 1.81 bits per heavy atom. The molecule has 0 amide bonds. The van der Waals surface area contributed by atoms with Crippen LogP contribution < -0.4 is 0 Å². The Morgan fingerprint density at radius 1 is 1.19 bits per heavy atom. The topological polar surface area (TPSA) is 26.3 Å². The van der Waals surface area contributed by atoms with Crippen molar-refractivity contribution < 1.29 is 18.3 Å². The minimum absolute atomic E-state index is 0.00845. The SMILES string of the molecule is CCCCCCCSC(F)(F)C(=O)OCC. The lowest BCUT2D eigenvalue weighted by atomic mass is 10.2. The van der Waals surface area contributed by atoms with Crippen molar-refractivity contribution in [1.82, 2.24) is 0 Å². The first-order chi connectivity index (χ1) is 7.54. The van der Waals surface area contributed by atoms with Crippen molar-refractivity contribution in [2.75, 3.05) is 12.4 Å². The van der Waals surface area contributed by atoms with Crippen LogP contribution in [-0.4, -0.2) is 23.6 Å². The average molecular weight is 254 g/mol. The largest absolute Gasteiger partial charge is 0.461 e. The highest BCUT2D eigenvalue weighted by atomic mass is 32.2. The molecule has 0 unspecified atom stereocenters. The fraction of sp³-hybridized carbons (Fsp3) is 0.909. The molecular formula is C11H20F2O2S. The Kier molecular flexibility index (Phi) is 8.61. The summed E-state index contributed by atoms with van der Waals surface area (Å²) in [6.07, 6.45) is 5.01. The number of ether oxygens (including phenoxy) is 1. The third-order valence-electron chi connectivity index (χ3n) is 2.04. The van der Waals surface area contributed by atoms with E-state index in [4.69, 9.17) is 0 Å². The van der Waals surface area contributed by atoms with Gasteiger partial charge in [0.15, 0.2) is 0 Å². The lowest BCUT2D eigenvalue weighted by molar-refractivity contribution is -0.159. The summed E-state index contributed by atoms with van der Waals surface area (Å²) in [5.74, 6) is -1.12. The molecule has 96 valence electrons. The quantitative estimate of drug-likeness (QED) is 0.462. The van der Waals surface area contributed by atoms with Crippen LogP contribution in [0.3, 0.4) is 0 Å². The van der Waals surface area contributed by atoms with Gasteiger partial charge in [-0.15, -0.1) is 0 Å². The van der Waals surface area contributed by atoms with E-state index in [1.54, 1.807) is 0 Å². The zero-order valence-electron chi connectivity index (χ0n) is 9.93. The number of carbonyl (C=O) groups excluding carboxylic acids is 1. The summed E-state index contributed by atoms with van der Waals surface area (Å²) in [7, 11) is 0. The van der Waals surface area contributed by atoms with Crippen LogP contribution in [0.2, 0.25) is 0 Å². The smallest absolute Gasteiger partial charge is 0.388 e. The molecule has 0 fully saturated rings. The molecule has 0 radical (unpaired) electrons. The van der Waals surface area contributed by atoms with E-state index in [2.05, 4.69) is 11.7 Å². The molecule has 0 N–H and O–H groups in total. The summed E-state index contributed by atoms with van der Waals surface area (Å²) in [5.41, 5.74) is 0. The van der Waals surface area contributed by atoms with Crippen LogP contribution in [0, 0.1) is 0 Å². The Bertz CT molecular complexity index is 198. The molecular weight excluding hydrogens is 234 g/mol. The van der Waals surface area contributed by atoms with Crippen molar-refractivity contribution in [3.05, 3.63) is 0 Å². The summed E-state index contributed by atoms with van der Waals surface area (Å²) >= 11 is 0.377. The lowest BCUT2D eigenvalue weighted by Gasteiger charge is -2.13. The average Bonchev–Trinajstić information content (AvgIpc) is 2.23. The predicted octanol–water partition coefficient (Wildman–Crippen LogP) is 3.85. The van der Waals surface area contributed by atoms with Gasteiger partial charge < -0.3 is 4.74 Å². The number of hydrogen-bond donors (Lipinski definition) is 0. The second kappa shape index (κ2) is 8.79. The molecule has 0 aliphatic rings. The first-order valence-electron chi connectivity index (χ1n) is 5.73. The molecule has 0 atom stereocenters. The van der Waals surface area contributed by atoms with Crippen molar-refractivity contribution in [1.29, 1.82) is 0 Å². The summed E-state index contributed by atoms with van der Waals surface area (Å²) < 4.78 is 30.4. The molecule has 16 heavy (non-hydrogen) atoms. The minimum Gasteiger partial charge on any atom is -0.461 e. The predicted molar refractivity (Wildman–Crippen MR) is 62.8 cm³/mol. The van der Waals surface area contributed by atoms with Gasteiger partial charge in [-0.3, -0.25) is 0 Å². The molecule has 0 aromatic heterocycles. The van der Waals surface area contributed by atoms with E-state index in [9.17, 15) is 13.6 Å². The highest BCUT2D eigenvalue weighted by Crippen LogP contribution is 2.31. The highest BCUT2D eigenvalue weighted by Gasteiger charge is 2.40. The molecule has 0 aromatic rings. The van der Waals surface area contributed by atoms with Crippen LogP contribution in [0.15, 0.2) is 0 Å². The standard InChI is InChI=1S/C11H20F2O2S/c1-3-5-6-7-8-9-16-11(12,13)10(14)15-4-2/h3-9H2,1-2H3. The van der Waals surface area contributed by atoms with Gasteiger partial charge in [0.2, 0.25) is 0 Å². The maximum absolute atomic E-state index is 13.1. The van der Waals surface area contributed by atoms with Gasteiger partial charge in [-0.25, -0.2) is 4.79 Å². The monoisotopic (exact) mass is 254 g/mol. The first-order valence-corrected chi connectivity index (χ1v) is 6.72. The van der Waals surface area contributed by atoms with Crippen LogP contribution in [0.1, 0.15) is 46.0 Å². The molecule has 0 spiro atoms. The molecule has 5 heteroatoms. The minimum atomic E-state index is -3.39. The fourth-order valence-electron chi connectivity index (χ4n) is 1.18. The van der Waals surface area contributed by atoms with Crippen molar-refractivity contribution in [3.8, 4) is 0 Å². The van der Waals surface area contributed by atoms with Gasteiger partial charge in [0, 0.05) is 0 Å². The Balaban J connectivity index is 3.61. The number of unbranched alkanes of at least 4 members (excludes halogenated alkanes) is 4. The van der Waals surface area contributed by atoms with Crippen LogP contribution >= 0.6 is 11.8 Å². The number of alkyl halides is 2. The normalized spacial score (nSPS) is 11.5. The fourth-order valence-corrected chi connectivity index (χ4v) is 1.96.